The maximum Gasteiger partial charge on any atom is 0.223 e. The van der Waals surface area contributed by atoms with Gasteiger partial charge < -0.3 is 10.6 Å². The zero-order valence-corrected chi connectivity index (χ0v) is 13.5. The highest BCUT2D eigenvalue weighted by molar-refractivity contribution is 5.86. The molecule has 3 nitrogen and oxygen atoms in total. The van der Waals surface area contributed by atoms with Gasteiger partial charge in [0.2, 0.25) is 5.91 Å². The Morgan fingerprint density at radius 3 is 2.78 bits per heavy atom. The summed E-state index contributed by atoms with van der Waals surface area (Å²) >= 11 is 0. The quantitative estimate of drug-likeness (QED) is 0.912. The van der Waals surface area contributed by atoms with Crippen LogP contribution in [-0.4, -0.2) is 25.5 Å². The monoisotopic (exact) mass is 308 g/mol. The number of carbonyl (C=O) groups is 1. The average molecular weight is 308 g/mol. The highest BCUT2D eigenvalue weighted by Gasteiger charge is 2.57. The summed E-state index contributed by atoms with van der Waals surface area (Å²) in [6.45, 7) is 2.87. The third-order valence-electron chi connectivity index (χ3n) is 5.68. The van der Waals surface area contributed by atoms with Crippen molar-refractivity contribution in [3.63, 3.8) is 0 Å². The van der Waals surface area contributed by atoms with Gasteiger partial charge in [-0.2, -0.15) is 0 Å². The molecule has 1 amide bonds. The molecule has 0 bridgehead atoms. The third kappa shape index (κ3) is 2.86. The summed E-state index contributed by atoms with van der Waals surface area (Å²) in [6, 6.07) is 14.9. The van der Waals surface area contributed by atoms with Gasteiger partial charge in [-0.3, -0.25) is 4.79 Å². The second-order valence-corrected chi connectivity index (χ2v) is 7.05. The van der Waals surface area contributed by atoms with Crippen LogP contribution in [0.1, 0.15) is 24.8 Å². The predicted octanol–water partition coefficient (Wildman–Crippen LogP) is 2.89. The smallest absolute Gasteiger partial charge is 0.223 e. The van der Waals surface area contributed by atoms with Crippen LogP contribution in [-0.2, 0) is 11.2 Å². The molecule has 2 aliphatic rings. The Labute approximate surface area is 137 Å². The lowest BCUT2D eigenvalue weighted by Crippen LogP contribution is -2.34. The molecule has 120 valence electrons. The van der Waals surface area contributed by atoms with Crippen molar-refractivity contribution in [1.82, 2.24) is 10.6 Å². The first-order valence-corrected chi connectivity index (χ1v) is 8.74. The highest BCUT2D eigenvalue weighted by atomic mass is 16.2. The Balaban J connectivity index is 1.34. The molecule has 3 heteroatoms. The summed E-state index contributed by atoms with van der Waals surface area (Å²) in [6.07, 6.45) is 4.31. The lowest BCUT2D eigenvalue weighted by atomic mass is 9.92. The van der Waals surface area contributed by atoms with Crippen molar-refractivity contribution in [1.29, 1.82) is 0 Å². The molecule has 0 aromatic heterocycles. The number of benzene rings is 2. The molecule has 4 rings (SSSR count). The summed E-state index contributed by atoms with van der Waals surface area (Å²) in [4.78, 5) is 12.4. The van der Waals surface area contributed by atoms with Gasteiger partial charge in [-0.1, -0.05) is 42.5 Å². The van der Waals surface area contributed by atoms with E-state index < -0.39 is 0 Å². The number of rotatable bonds is 4. The van der Waals surface area contributed by atoms with Crippen LogP contribution in [0.25, 0.3) is 10.8 Å². The largest absolute Gasteiger partial charge is 0.356 e. The predicted molar refractivity (Wildman–Crippen MR) is 93.3 cm³/mol. The normalized spacial score (nSPS) is 22.2. The second kappa shape index (κ2) is 5.97. The van der Waals surface area contributed by atoms with Crippen molar-refractivity contribution in [2.75, 3.05) is 19.6 Å². The molecule has 1 heterocycles. The van der Waals surface area contributed by atoms with Crippen LogP contribution in [0.5, 0.6) is 0 Å². The Kier molecular flexibility index (Phi) is 3.82. The minimum atomic E-state index is 0.261. The fourth-order valence-electron chi connectivity index (χ4n) is 4.15. The standard InChI is InChI=1S/C20H24N2O/c23-19(18-14-20(18)9-12-21-13-10-20)22-11-8-16-6-3-5-15-4-1-2-7-17(15)16/h1-7,18,21H,8-14H2,(H,22,23). The molecule has 0 radical (unpaired) electrons. The molecule has 1 saturated heterocycles. The van der Waals surface area contributed by atoms with Crippen molar-refractivity contribution < 1.29 is 4.79 Å². The minimum Gasteiger partial charge on any atom is -0.356 e. The number of fused-ring (bicyclic) bond motifs is 1. The fraction of sp³-hybridized carbons (Fsp3) is 0.450. The van der Waals surface area contributed by atoms with Crippen molar-refractivity contribution in [2.24, 2.45) is 11.3 Å². The second-order valence-electron chi connectivity index (χ2n) is 7.05. The van der Waals surface area contributed by atoms with E-state index in [9.17, 15) is 4.79 Å². The number of nitrogens with one attached hydrogen (secondary N) is 2. The van der Waals surface area contributed by atoms with Crippen LogP contribution in [0.4, 0.5) is 0 Å². The van der Waals surface area contributed by atoms with E-state index in [0.29, 0.717) is 5.41 Å². The molecule has 1 unspecified atom stereocenters. The molecule has 2 aromatic rings. The van der Waals surface area contributed by atoms with Gasteiger partial charge in [0.05, 0.1) is 0 Å². The summed E-state index contributed by atoms with van der Waals surface area (Å²) < 4.78 is 0. The molecule has 1 aliphatic carbocycles. The molecule has 2 N–H and O–H groups in total. The Bertz CT molecular complexity index is 713. The SMILES string of the molecule is O=C(NCCc1cccc2ccccc12)C1CC12CCNCC2. The van der Waals surface area contributed by atoms with E-state index in [2.05, 4.69) is 53.1 Å². The van der Waals surface area contributed by atoms with Gasteiger partial charge in [0.15, 0.2) is 0 Å². The van der Waals surface area contributed by atoms with Crippen molar-refractivity contribution >= 4 is 16.7 Å². The number of hydrogen-bond donors (Lipinski definition) is 2. The molecule has 1 aliphatic heterocycles. The molecule has 1 saturated carbocycles. The van der Waals surface area contributed by atoms with Gasteiger partial charge >= 0.3 is 0 Å². The maximum atomic E-state index is 12.4. The molecule has 2 aromatic carbocycles. The number of carbonyl (C=O) groups excluding carboxylic acids is 1. The first kappa shape index (κ1) is 14.7. The zero-order valence-electron chi connectivity index (χ0n) is 13.5. The number of amides is 1. The summed E-state index contributed by atoms with van der Waals surface area (Å²) in [5.41, 5.74) is 1.64. The van der Waals surface area contributed by atoms with Crippen LogP contribution in [0.2, 0.25) is 0 Å². The van der Waals surface area contributed by atoms with Gasteiger partial charge in [-0.25, -0.2) is 0 Å². The van der Waals surface area contributed by atoms with Gasteiger partial charge in [0.1, 0.15) is 0 Å². The van der Waals surface area contributed by atoms with Crippen molar-refractivity contribution in [2.45, 2.75) is 25.7 Å². The van der Waals surface area contributed by atoms with Crippen LogP contribution in [0.3, 0.4) is 0 Å². The topological polar surface area (TPSA) is 41.1 Å². The molecule has 23 heavy (non-hydrogen) atoms. The van der Waals surface area contributed by atoms with Crippen molar-refractivity contribution in [3.8, 4) is 0 Å². The molecular weight excluding hydrogens is 284 g/mol. The lowest BCUT2D eigenvalue weighted by Gasteiger charge is -2.23. The Morgan fingerprint density at radius 1 is 1.13 bits per heavy atom. The number of hydrogen-bond acceptors (Lipinski definition) is 2. The summed E-state index contributed by atoms with van der Waals surface area (Å²) in [5, 5.41) is 9.13. The van der Waals surface area contributed by atoms with Crippen LogP contribution >= 0.6 is 0 Å². The first-order valence-electron chi connectivity index (χ1n) is 8.74. The minimum absolute atomic E-state index is 0.261. The third-order valence-corrected chi connectivity index (χ3v) is 5.68. The van der Waals surface area contributed by atoms with Gasteiger partial charge in [-0.15, -0.1) is 0 Å². The Hall–Kier alpha value is -1.87. The van der Waals surface area contributed by atoms with E-state index in [1.807, 2.05) is 0 Å². The van der Waals surface area contributed by atoms with E-state index in [1.165, 1.54) is 16.3 Å². The molecule has 1 atom stereocenters. The van der Waals surface area contributed by atoms with Gasteiger partial charge in [0, 0.05) is 12.5 Å². The van der Waals surface area contributed by atoms with E-state index in [0.717, 1.165) is 45.3 Å². The molecule has 1 spiro atoms. The maximum absolute atomic E-state index is 12.4. The van der Waals surface area contributed by atoms with E-state index in [-0.39, 0.29) is 11.8 Å². The van der Waals surface area contributed by atoms with E-state index in [1.54, 1.807) is 0 Å². The lowest BCUT2D eigenvalue weighted by molar-refractivity contribution is -0.123. The van der Waals surface area contributed by atoms with Crippen LogP contribution in [0.15, 0.2) is 42.5 Å². The summed E-state index contributed by atoms with van der Waals surface area (Å²) in [7, 11) is 0. The van der Waals surface area contributed by atoms with E-state index in [4.69, 9.17) is 0 Å². The van der Waals surface area contributed by atoms with Gasteiger partial charge in [-0.05, 0) is 60.5 Å². The zero-order chi connectivity index (χ0) is 15.7. The Morgan fingerprint density at radius 2 is 1.91 bits per heavy atom. The van der Waals surface area contributed by atoms with E-state index >= 15 is 0 Å². The summed E-state index contributed by atoms with van der Waals surface area (Å²) in [5.74, 6) is 0.532. The average Bonchev–Trinajstić information content (AvgIpc) is 3.29. The number of piperidine rings is 1. The van der Waals surface area contributed by atoms with Crippen LogP contribution < -0.4 is 10.6 Å². The molecular formula is C20H24N2O. The first-order chi connectivity index (χ1) is 11.3. The van der Waals surface area contributed by atoms with Gasteiger partial charge in [0.25, 0.3) is 0 Å². The van der Waals surface area contributed by atoms with Crippen molar-refractivity contribution in [3.05, 3.63) is 48.0 Å². The fourth-order valence-corrected chi connectivity index (χ4v) is 4.15. The molecule has 2 fully saturated rings. The highest BCUT2D eigenvalue weighted by Crippen LogP contribution is 2.58. The van der Waals surface area contributed by atoms with Crippen LogP contribution in [0, 0.1) is 11.3 Å².